The van der Waals surface area contributed by atoms with Crippen LogP contribution in [0.1, 0.15) is 82.9 Å². The molecular weight excluding hydrogens is 442 g/mol. The first-order valence-corrected chi connectivity index (χ1v) is 13.0. The van der Waals surface area contributed by atoms with Crippen LogP contribution in [-0.4, -0.2) is 9.55 Å². The number of benzene rings is 3. The Hall–Kier alpha value is -3.40. The maximum absolute atomic E-state index is 6.18. The lowest BCUT2D eigenvalue weighted by Gasteiger charge is -2.18. The van der Waals surface area contributed by atoms with Gasteiger partial charge in [0.25, 0.3) is 5.82 Å². The van der Waals surface area contributed by atoms with Crippen LogP contribution in [0.5, 0.6) is 0 Å². The van der Waals surface area contributed by atoms with Gasteiger partial charge in [0.1, 0.15) is 11.2 Å². The average Bonchev–Trinajstić information content (AvgIpc) is 3.36. The third-order valence-corrected chi connectivity index (χ3v) is 7.20. The summed E-state index contributed by atoms with van der Waals surface area (Å²) in [5.41, 5.74) is 10.4. The summed E-state index contributed by atoms with van der Waals surface area (Å²) in [5, 5.41) is 0. The summed E-state index contributed by atoms with van der Waals surface area (Å²) >= 11 is 0. The van der Waals surface area contributed by atoms with Crippen molar-refractivity contribution >= 4 is 22.1 Å². The Balaban J connectivity index is 1.92. The van der Waals surface area contributed by atoms with E-state index in [2.05, 4.69) is 126 Å². The van der Waals surface area contributed by atoms with E-state index in [1.807, 2.05) is 0 Å². The first-order chi connectivity index (χ1) is 17.0. The number of hydrogen-bond donors (Lipinski definition) is 0. The molecular formula is C32H38N3O+. The summed E-state index contributed by atoms with van der Waals surface area (Å²) in [4.78, 5) is 4.90. The number of hydrogen-bond acceptors (Lipinski definition) is 2. The molecule has 0 fully saturated rings. The number of imidazole rings is 1. The predicted molar refractivity (Wildman–Crippen MR) is 149 cm³/mol. The largest absolute Gasteiger partial charge is 0.440 e. The van der Waals surface area contributed by atoms with Crippen molar-refractivity contribution in [3.63, 3.8) is 0 Å². The molecule has 0 bridgehead atoms. The van der Waals surface area contributed by atoms with Gasteiger partial charge in [-0.1, -0.05) is 78.8 Å². The number of oxazole rings is 1. The topological polar surface area (TPSA) is 34.8 Å². The molecule has 0 atom stereocenters. The molecule has 0 radical (unpaired) electrons. The van der Waals surface area contributed by atoms with Crippen LogP contribution >= 0.6 is 0 Å². The highest BCUT2D eigenvalue weighted by Crippen LogP contribution is 2.38. The van der Waals surface area contributed by atoms with Crippen LogP contribution in [0, 0.1) is 6.92 Å². The molecule has 0 saturated heterocycles. The van der Waals surface area contributed by atoms with E-state index in [1.165, 1.54) is 39.0 Å². The Bertz CT molecular complexity index is 1570. The summed E-state index contributed by atoms with van der Waals surface area (Å²) < 4.78 is 11.0. The summed E-state index contributed by atoms with van der Waals surface area (Å²) in [7, 11) is 2.17. The van der Waals surface area contributed by atoms with Crippen LogP contribution < -0.4 is 4.57 Å². The van der Waals surface area contributed by atoms with Crippen molar-refractivity contribution in [2.24, 2.45) is 7.05 Å². The van der Waals surface area contributed by atoms with E-state index in [-0.39, 0.29) is 5.41 Å². The predicted octanol–water partition coefficient (Wildman–Crippen LogP) is 8.12. The molecule has 0 aliphatic carbocycles. The van der Waals surface area contributed by atoms with Gasteiger partial charge in [0.2, 0.25) is 5.89 Å². The Morgan fingerprint density at radius 2 is 1.53 bits per heavy atom. The number of fused-ring (bicyclic) bond motifs is 2. The fraction of sp³-hybridized carbons (Fsp3) is 0.375. The fourth-order valence-corrected chi connectivity index (χ4v) is 5.25. The Kier molecular flexibility index (Phi) is 5.82. The van der Waals surface area contributed by atoms with Crippen molar-refractivity contribution in [1.82, 2.24) is 9.55 Å². The molecule has 0 N–H and O–H groups in total. The summed E-state index contributed by atoms with van der Waals surface area (Å²) in [6.07, 6.45) is 0. The third kappa shape index (κ3) is 3.84. The number of nitrogens with zero attached hydrogens (tertiary/aromatic N) is 3. The summed E-state index contributed by atoms with van der Waals surface area (Å²) in [6.45, 7) is 17.7. The van der Waals surface area contributed by atoms with Crippen molar-refractivity contribution in [3.8, 4) is 17.1 Å². The second kappa shape index (κ2) is 8.62. The van der Waals surface area contributed by atoms with E-state index < -0.39 is 0 Å². The van der Waals surface area contributed by atoms with Gasteiger partial charge in [0.05, 0.1) is 12.6 Å². The highest BCUT2D eigenvalue weighted by atomic mass is 16.3. The van der Waals surface area contributed by atoms with Crippen LogP contribution in [0.15, 0.2) is 59.0 Å². The Morgan fingerprint density at radius 1 is 0.889 bits per heavy atom. The second-order valence-corrected chi connectivity index (χ2v) is 11.7. The molecule has 5 rings (SSSR count). The summed E-state index contributed by atoms with van der Waals surface area (Å²) in [5.74, 6) is 2.72. The van der Waals surface area contributed by atoms with Gasteiger partial charge in [-0.2, -0.15) is 4.57 Å². The molecule has 0 amide bonds. The molecule has 2 heterocycles. The number of para-hydroxylation sites is 3. The minimum Gasteiger partial charge on any atom is -0.440 e. The van der Waals surface area contributed by atoms with Gasteiger partial charge in [-0.3, -0.25) is 0 Å². The second-order valence-electron chi connectivity index (χ2n) is 11.7. The van der Waals surface area contributed by atoms with E-state index in [0.717, 1.165) is 22.8 Å². The van der Waals surface area contributed by atoms with Crippen molar-refractivity contribution in [1.29, 1.82) is 0 Å². The molecule has 0 spiro atoms. The summed E-state index contributed by atoms with van der Waals surface area (Å²) in [6, 6.07) is 19.8. The minimum absolute atomic E-state index is 0.144. The van der Waals surface area contributed by atoms with E-state index in [0.29, 0.717) is 11.8 Å². The van der Waals surface area contributed by atoms with Gasteiger partial charge in [-0.05, 0) is 48.6 Å². The zero-order valence-corrected chi connectivity index (χ0v) is 23.1. The van der Waals surface area contributed by atoms with E-state index in [4.69, 9.17) is 9.40 Å². The molecule has 0 aliphatic heterocycles. The van der Waals surface area contributed by atoms with Crippen LogP contribution in [0.2, 0.25) is 0 Å². The van der Waals surface area contributed by atoms with Crippen molar-refractivity contribution in [3.05, 3.63) is 77.2 Å². The first-order valence-electron chi connectivity index (χ1n) is 13.0. The fourth-order valence-electron chi connectivity index (χ4n) is 5.25. The monoisotopic (exact) mass is 480 g/mol. The molecule has 186 valence electrons. The zero-order valence-electron chi connectivity index (χ0n) is 23.1. The van der Waals surface area contributed by atoms with E-state index in [9.17, 15) is 0 Å². The highest BCUT2D eigenvalue weighted by molar-refractivity contribution is 5.85. The van der Waals surface area contributed by atoms with Gasteiger partial charge < -0.3 is 4.42 Å². The van der Waals surface area contributed by atoms with Crippen molar-refractivity contribution < 1.29 is 8.98 Å². The third-order valence-electron chi connectivity index (χ3n) is 7.20. The lowest BCUT2D eigenvalue weighted by atomic mass is 9.92. The van der Waals surface area contributed by atoms with Gasteiger partial charge in [0.15, 0.2) is 16.6 Å². The maximum Gasteiger partial charge on any atom is 0.295 e. The van der Waals surface area contributed by atoms with Crippen LogP contribution in [0.4, 0.5) is 0 Å². The van der Waals surface area contributed by atoms with Crippen LogP contribution in [0.25, 0.3) is 39.2 Å². The first kappa shape index (κ1) is 24.3. The smallest absolute Gasteiger partial charge is 0.295 e. The standard InChI is InChI=1S/C32H38N3O/c1-19(2)22-13-12-14-23(20(3)4)29(22)35-27-16-11-10-15-26(27)34(9)30(35)24-18-25-28(17-21(24)5)36-31(33-25)32(6,7)8/h10-20H,1-9H3/q+1. The average molecular weight is 481 g/mol. The van der Waals surface area contributed by atoms with Gasteiger partial charge >= 0.3 is 0 Å². The van der Waals surface area contributed by atoms with Crippen molar-refractivity contribution in [2.45, 2.75) is 72.6 Å². The lowest BCUT2D eigenvalue weighted by molar-refractivity contribution is -0.633. The van der Waals surface area contributed by atoms with Gasteiger partial charge in [-0.15, -0.1) is 0 Å². The molecule has 4 heteroatoms. The SMILES string of the molecule is Cc1cc2oc(C(C)(C)C)nc2cc1-c1n(-c2c(C(C)C)cccc2C(C)C)c2ccccc2[n+]1C. The van der Waals surface area contributed by atoms with E-state index in [1.54, 1.807) is 0 Å². The molecule has 0 saturated carbocycles. The van der Waals surface area contributed by atoms with Crippen LogP contribution in [0.3, 0.4) is 0 Å². The number of aromatic nitrogens is 3. The number of rotatable bonds is 4. The molecule has 0 aliphatic rings. The minimum atomic E-state index is -0.144. The number of aryl methyl sites for hydroxylation is 2. The van der Waals surface area contributed by atoms with E-state index >= 15 is 0 Å². The lowest BCUT2D eigenvalue weighted by Crippen LogP contribution is -2.30. The molecule has 3 aromatic carbocycles. The Labute approximate surface area is 214 Å². The normalized spacial score (nSPS) is 12.5. The molecule has 4 nitrogen and oxygen atoms in total. The molecule has 5 aromatic rings. The van der Waals surface area contributed by atoms with Crippen molar-refractivity contribution in [2.75, 3.05) is 0 Å². The zero-order chi connectivity index (χ0) is 25.9. The van der Waals surface area contributed by atoms with Gasteiger partial charge in [-0.25, -0.2) is 9.55 Å². The Morgan fingerprint density at radius 3 is 2.14 bits per heavy atom. The molecule has 2 aromatic heterocycles. The maximum atomic E-state index is 6.18. The van der Waals surface area contributed by atoms with Gasteiger partial charge in [0, 0.05) is 16.5 Å². The van der Waals surface area contributed by atoms with Crippen LogP contribution in [-0.2, 0) is 12.5 Å². The molecule has 0 unspecified atom stereocenters. The highest BCUT2D eigenvalue weighted by Gasteiger charge is 2.32. The quantitative estimate of drug-likeness (QED) is 0.243. The molecule has 36 heavy (non-hydrogen) atoms.